The fourth-order valence-electron chi connectivity index (χ4n) is 5.06. The van der Waals surface area contributed by atoms with Crippen LogP contribution in [-0.2, 0) is 28.3 Å². The number of nitrogens with one attached hydrogen (secondary N) is 1. The highest BCUT2D eigenvalue weighted by Gasteiger charge is 2.49. The molecular weight excluding hydrogens is 386 g/mol. The molecule has 4 rings (SSSR count). The summed E-state index contributed by atoms with van der Waals surface area (Å²) in [5.41, 5.74) is 3.64. The van der Waals surface area contributed by atoms with Gasteiger partial charge < -0.3 is 15.3 Å². The van der Waals surface area contributed by atoms with Crippen LogP contribution in [0.3, 0.4) is 0 Å². The second-order valence-corrected chi connectivity index (χ2v) is 10.2. The van der Waals surface area contributed by atoms with Gasteiger partial charge in [0.05, 0.1) is 4.90 Å². The topological polar surface area (TPSA) is 95.7 Å². The summed E-state index contributed by atoms with van der Waals surface area (Å²) >= 11 is 0. The minimum absolute atomic E-state index is 0.0268. The minimum Gasteiger partial charge on any atom is -0.508 e. The number of primary sulfonamides is 1. The Bertz CT molecular complexity index is 1010. The Morgan fingerprint density at radius 2 is 1.97 bits per heavy atom. The molecule has 2 aromatic rings. The first-order chi connectivity index (χ1) is 13.7. The Kier molecular flexibility index (Phi) is 5.19. The number of aromatic hydroxyl groups is 1. The van der Waals surface area contributed by atoms with E-state index in [1.165, 1.54) is 11.1 Å². The van der Waals surface area contributed by atoms with Gasteiger partial charge in [-0.2, -0.15) is 0 Å². The number of rotatable bonds is 5. The van der Waals surface area contributed by atoms with E-state index in [9.17, 15) is 13.5 Å². The molecule has 2 aliphatic rings. The van der Waals surface area contributed by atoms with Crippen molar-refractivity contribution in [2.45, 2.75) is 48.6 Å². The number of benzene rings is 2. The van der Waals surface area contributed by atoms with E-state index < -0.39 is 10.0 Å². The first kappa shape index (κ1) is 20.3. The van der Waals surface area contributed by atoms with Crippen molar-refractivity contribution in [2.75, 3.05) is 20.1 Å². The van der Waals surface area contributed by atoms with Crippen molar-refractivity contribution in [1.82, 2.24) is 10.2 Å². The molecule has 1 saturated heterocycles. The minimum atomic E-state index is -3.66. The molecule has 0 aromatic heterocycles. The van der Waals surface area contributed by atoms with Crippen LogP contribution in [0, 0.1) is 0 Å². The predicted molar refractivity (Wildman–Crippen MR) is 114 cm³/mol. The molecule has 3 atom stereocenters. The quantitative estimate of drug-likeness (QED) is 0.692. The number of likely N-dealkylation sites (tertiary alicyclic amines) is 1. The van der Waals surface area contributed by atoms with Crippen LogP contribution >= 0.6 is 0 Å². The molecule has 29 heavy (non-hydrogen) atoms. The molecule has 7 heteroatoms. The van der Waals surface area contributed by atoms with Crippen molar-refractivity contribution in [3.8, 4) is 5.75 Å². The Morgan fingerprint density at radius 3 is 2.66 bits per heavy atom. The zero-order valence-electron chi connectivity index (χ0n) is 16.9. The third-order valence-electron chi connectivity index (χ3n) is 6.79. The lowest BCUT2D eigenvalue weighted by Gasteiger charge is -2.55. The molecular formula is C22H29N3O3S. The Morgan fingerprint density at radius 1 is 1.24 bits per heavy atom. The average molecular weight is 416 g/mol. The Hall–Kier alpha value is -1.93. The number of hydrogen-bond acceptors (Lipinski definition) is 5. The molecule has 0 radical (unpaired) electrons. The van der Waals surface area contributed by atoms with Gasteiger partial charge in [0.25, 0.3) is 0 Å². The van der Waals surface area contributed by atoms with E-state index in [0.717, 1.165) is 37.9 Å². The van der Waals surface area contributed by atoms with Crippen molar-refractivity contribution in [3.63, 3.8) is 0 Å². The Balaban J connectivity index is 1.51. The average Bonchev–Trinajstić information content (AvgIpc) is 2.67. The molecule has 1 heterocycles. The largest absolute Gasteiger partial charge is 0.508 e. The van der Waals surface area contributed by atoms with Crippen LogP contribution in [0.15, 0.2) is 47.4 Å². The third-order valence-corrected chi connectivity index (χ3v) is 7.72. The van der Waals surface area contributed by atoms with Gasteiger partial charge in [-0.25, -0.2) is 13.6 Å². The summed E-state index contributed by atoms with van der Waals surface area (Å²) in [5, 5.41) is 19.0. The Labute approximate surface area is 172 Å². The number of nitrogens with zero attached hydrogens (tertiary/aromatic N) is 1. The number of fused-ring (bicyclic) bond motifs is 4. The molecule has 0 saturated carbocycles. The summed E-state index contributed by atoms with van der Waals surface area (Å²) < 4.78 is 22.8. The third kappa shape index (κ3) is 3.80. The monoisotopic (exact) mass is 415 g/mol. The number of hydrogen-bond donors (Lipinski definition) is 3. The van der Waals surface area contributed by atoms with Crippen LogP contribution in [0.2, 0.25) is 0 Å². The van der Waals surface area contributed by atoms with Gasteiger partial charge in [0.2, 0.25) is 10.0 Å². The van der Waals surface area contributed by atoms with E-state index in [1.807, 2.05) is 18.2 Å². The van der Waals surface area contributed by atoms with Gasteiger partial charge >= 0.3 is 0 Å². The number of phenols is 1. The number of nitrogens with two attached hydrogens (primary N) is 1. The molecule has 0 spiro atoms. The van der Waals surface area contributed by atoms with E-state index in [4.69, 9.17) is 5.14 Å². The van der Waals surface area contributed by atoms with Crippen LogP contribution in [0.25, 0.3) is 0 Å². The van der Waals surface area contributed by atoms with Crippen LogP contribution in [0.4, 0.5) is 0 Å². The normalized spacial score (nSPS) is 26.9. The van der Waals surface area contributed by atoms with E-state index in [2.05, 4.69) is 30.3 Å². The van der Waals surface area contributed by atoms with Gasteiger partial charge in [-0.1, -0.05) is 25.1 Å². The van der Waals surface area contributed by atoms with Crippen molar-refractivity contribution in [2.24, 2.45) is 5.14 Å². The van der Waals surface area contributed by atoms with Crippen LogP contribution in [-0.4, -0.2) is 50.6 Å². The molecule has 6 nitrogen and oxygen atoms in total. The molecule has 2 aromatic carbocycles. The standard InChI is InChI=1S/C22H29N3O3S/c1-22-10-12-25(2)20(13-16-5-6-17(26)14-19(16)22)21(22)24-11-9-15-3-7-18(8-4-15)29(23,27)28/h3-8,14,20-21,24,26H,9-13H2,1-2H3,(H2,23,27,28)/t20-,21+,22+/m1/s1. The molecule has 4 N–H and O–H groups in total. The highest BCUT2D eigenvalue weighted by molar-refractivity contribution is 7.89. The first-order valence-corrected chi connectivity index (χ1v) is 11.6. The van der Waals surface area contributed by atoms with Gasteiger partial charge in [-0.15, -0.1) is 0 Å². The molecule has 0 amide bonds. The maximum absolute atomic E-state index is 11.4. The number of likely N-dealkylation sites (N-methyl/N-ethyl adjacent to an activating group) is 1. The van der Waals surface area contributed by atoms with E-state index in [0.29, 0.717) is 17.8 Å². The summed E-state index contributed by atoms with van der Waals surface area (Å²) in [5.74, 6) is 0.330. The smallest absolute Gasteiger partial charge is 0.238 e. The van der Waals surface area contributed by atoms with Gasteiger partial charge in [-0.3, -0.25) is 0 Å². The lowest BCUT2D eigenvalue weighted by Crippen LogP contribution is -2.66. The summed E-state index contributed by atoms with van der Waals surface area (Å²) in [6.07, 6.45) is 2.82. The zero-order chi connectivity index (χ0) is 20.8. The van der Waals surface area contributed by atoms with Crippen molar-refractivity contribution >= 4 is 10.0 Å². The van der Waals surface area contributed by atoms with Gasteiger partial charge in [0.15, 0.2) is 0 Å². The molecule has 1 fully saturated rings. The maximum Gasteiger partial charge on any atom is 0.238 e. The number of piperidine rings is 1. The fraction of sp³-hybridized carbons (Fsp3) is 0.455. The SMILES string of the molecule is CN1CC[C@@]2(C)c3cc(O)ccc3C[C@@H]1[C@@H]2NCCc1ccc(S(N)(=O)=O)cc1. The van der Waals surface area contributed by atoms with Crippen LogP contribution in [0.5, 0.6) is 5.75 Å². The van der Waals surface area contributed by atoms with Crippen molar-refractivity contribution in [3.05, 3.63) is 59.2 Å². The van der Waals surface area contributed by atoms with E-state index in [1.54, 1.807) is 18.2 Å². The lowest BCUT2D eigenvalue weighted by molar-refractivity contribution is 0.0663. The maximum atomic E-state index is 11.4. The number of phenolic OH excluding ortho intramolecular Hbond substituents is 1. The van der Waals surface area contributed by atoms with Crippen LogP contribution < -0.4 is 10.5 Å². The summed E-state index contributed by atoms with van der Waals surface area (Å²) in [4.78, 5) is 2.58. The first-order valence-electron chi connectivity index (χ1n) is 10.1. The molecule has 156 valence electrons. The highest BCUT2D eigenvalue weighted by atomic mass is 32.2. The summed E-state index contributed by atoms with van der Waals surface area (Å²) in [7, 11) is -1.46. The number of sulfonamides is 1. The second kappa shape index (κ2) is 7.40. The predicted octanol–water partition coefficient (Wildman–Crippen LogP) is 1.76. The van der Waals surface area contributed by atoms with Gasteiger partial charge in [-0.05, 0) is 80.4 Å². The molecule has 2 bridgehead atoms. The van der Waals surface area contributed by atoms with Crippen LogP contribution in [0.1, 0.15) is 30.0 Å². The van der Waals surface area contributed by atoms with Gasteiger partial charge in [0.1, 0.15) is 5.75 Å². The summed E-state index contributed by atoms with van der Waals surface area (Å²) in [6, 6.07) is 13.3. The second-order valence-electron chi connectivity index (χ2n) is 8.63. The highest BCUT2D eigenvalue weighted by Crippen LogP contribution is 2.45. The van der Waals surface area contributed by atoms with Crippen molar-refractivity contribution < 1.29 is 13.5 Å². The lowest BCUT2D eigenvalue weighted by atomic mass is 9.61. The molecule has 1 aliphatic heterocycles. The van der Waals surface area contributed by atoms with E-state index in [-0.39, 0.29) is 10.3 Å². The van der Waals surface area contributed by atoms with E-state index >= 15 is 0 Å². The fourth-order valence-corrected chi connectivity index (χ4v) is 5.58. The summed E-state index contributed by atoms with van der Waals surface area (Å²) in [6.45, 7) is 4.15. The van der Waals surface area contributed by atoms with Crippen molar-refractivity contribution in [1.29, 1.82) is 0 Å². The molecule has 1 aliphatic carbocycles. The molecule has 0 unspecified atom stereocenters. The zero-order valence-corrected chi connectivity index (χ0v) is 17.7. The van der Waals surface area contributed by atoms with Gasteiger partial charge in [0, 0.05) is 17.5 Å².